The second-order valence-corrected chi connectivity index (χ2v) is 5.11. The van der Waals surface area contributed by atoms with Gasteiger partial charge in [-0.2, -0.15) is 0 Å². The van der Waals surface area contributed by atoms with Gasteiger partial charge in [0.15, 0.2) is 11.6 Å². The lowest BCUT2D eigenvalue weighted by Gasteiger charge is -2.07. The number of unbranched alkanes of at least 4 members (excludes halogenated alkanes) is 7. The van der Waals surface area contributed by atoms with Crippen LogP contribution in [0.2, 0.25) is 0 Å². The predicted octanol–water partition coefficient (Wildman–Crippen LogP) is 5.33. The first-order valence-electron chi connectivity index (χ1n) is 7.67. The third kappa shape index (κ3) is 6.61. The Morgan fingerprint density at radius 3 is 2.30 bits per heavy atom. The number of hydrogen-bond acceptors (Lipinski definition) is 1. The topological polar surface area (TPSA) is 9.23 Å². The quantitative estimate of drug-likeness (QED) is 0.415. The lowest BCUT2D eigenvalue weighted by atomic mass is 10.1. The molecule has 1 nitrogen and oxygen atoms in total. The average Bonchev–Trinajstić information content (AvgIpc) is 2.47. The Balaban J connectivity index is 2.08. The van der Waals surface area contributed by atoms with Crippen LogP contribution in [0.4, 0.5) is 4.39 Å². The number of hydrogen-bond donors (Lipinski definition) is 0. The highest BCUT2D eigenvalue weighted by Gasteiger charge is 2.03. The van der Waals surface area contributed by atoms with Gasteiger partial charge in [0.2, 0.25) is 0 Å². The Labute approximate surface area is 122 Å². The molecule has 2 heteroatoms. The number of terminal acetylenes is 1. The van der Waals surface area contributed by atoms with Crippen molar-refractivity contribution in [3.05, 3.63) is 29.6 Å². The van der Waals surface area contributed by atoms with Crippen molar-refractivity contribution in [2.24, 2.45) is 0 Å². The summed E-state index contributed by atoms with van der Waals surface area (Å²) in [5, 5.41) is 0. The Bertz CT molecular complexity index is 420. The summed E-state index contributed by atoms with van der Waals surface area (Å²) >= 11 is 0. The van der Waals surface area contributed by atoms with Crippen molar-refractivity contribution in [1.82, 2.24) is 0 Å². The van der Waals surface area contributed by atoms with Crippen LogP contribution in [-0.4, -0.2) is 6.61 Å². The molecule has 0 fully saturated rings. The van der Waals surface area contributed by atoms with Gasteiger partial charge >= 0.3 is 0 Å². The monoisotopic (exact) mass is 276 g/mol. The summed E-state index contributed by atoms with van der Waals surface area (Å²) in [5.74, 6) is 2.33. The predicted molar refractivity (Wildman–Crippen MR) is 82.4 cm³/mol. The van der Waals surface area contributed by atoms with Crippen LogP contribution in [0.3, 0.4) is 0 Å². The molecule has 1 aromatic rings. The van der Waals surface area contributed by atoms with Crippen LogP contribution in [0.1, 0.15) is 63.9 Å². The molecule has 0 saturated heterocycles. The Morgan fingerprint density at radius 1 is 1.05 bits per heavy atom. The zero-order valence-electron chi connectivity index (χ0n) is 12.5. The van der Waals surface area contributed by atoms with Crippen LogP contribution in [-0.2, 0) is 0 Å². The lowest BCUT2D eigenvalue weighted by molar-refractivity contribution is 0.290. The molecule has 0 amide bonds. The molecular weight excluding hydrogens is 251 g/mol. The van der Waals surface area contributed by atoms with E-state index in [2.05, 4.69) is 12.8 Å². The summed E-state index contributed by atoms with van der Waals surface area (Å²) < 4.78 is 19.0. The third-order valence-corrected chi connectivity index (χ3v) is 3.35. The van der Waals surface area contributed by atoms with Crippen LogP contribution in [0.15, 0.2) is 18.2 Å². The highest BCUT2D eigenvalue weighted by Crippen LogP contribution is 2.18. The van der Waals surface area contributed by atoms with E-state index in [-0.39, 0.29) is 5.82 Å². The maximum absolute atomic E-state index is 13.6. The van der Waals surface area contributed by atoms with E-state index < -0.39 is 0 Å². The lowest BCUT2D eigenvalue weighted by Crippen LogP contribution is -1.99. The van der Waals surface area contributed by atoms with E-state index in [1.54, 1.807) is 12.1 Å². The van der Waals surface area contributed by atoms with Crippen molar-refractivity contribution in [3.63, 3.8) is 0 Å². The molecule has 0 aliphatic rings. The number of halogens is 1. The van der Waals surface area contributed by atoms with Gasteiger partial charge in [-0.1, -0.05) is 57.8 Å². The Hall–Kier alpha value is -1.49. The summed E-state index contributed by atoms with van der Waals surface area (Å²) in [7, 11) is 0. The minimum absolute atomic E-state index is 0.298. The van der Waals surface area contributed by atoms with E-state index in [0.717, 1.165) is 12.8 Å². The van der Waals surface area contributed by atoms with Crippen molar-refractivity contribution >= 4 is 0 Å². The molecule has 20 heavy (non-hydrogen) atoms. The van der Waals surface area contributed by atoms with E-state index in [1.165, 1.54) is 44.6 Å². The number of benzene rings is 1. The Morgan fingerprint density at radius 2 is 1.70 bits per heavy atom. The van der Waals surface area contributed by atoms with Crippen LogP contribution < -0.4 is 4.74 Å². The fraction of sp³-hybridized carbons (Fsp3) is 0.556. The molecule has 0 N–H and O–H groups in total. The van der Waals surface area contributed by atoms with Crippen molar-refractivity contribution < 1.29 is 9.13 Å². The first-order chi connectivity index (χ1) is 9.77. The minimum atomic E-state index is -0.375. The molecule has 1 aromatic carbocycles. The van der Waals surface area contributed by atoms with E-state index in [1.807, 2.05) is 0 Å². The molecule has 1 rings (SSSR count). The van der Waals surface area contributed by atoms with Gasteiger partial charge in [0.1, 0.15) is 0 Å². The summed E-state index contributed by atoms with van der Waals surface area (Å²) in [6.07, 6.45) is 15.2. The molecule has 0 aliphatic carbocycles. The first kappa shape index (κ1) is 16.6. The molecule has 0 bridgehead atoms. The molecule has 110 valence electrons. The number of ether oxygens (including phenoxy) is 1. The van der Waals surface area contributed by atoms with Crippen LogP contribution in [0.25, 0.3) is 0 Å². The summed E-state index contributed by atoms with van der Waals surface area (Å²) in [5.41, 5.74) is 0.543. The Kier molecular flexibility index (Phi) is 8.54. The van der Waals surface area contributed by atoms with Gasteiger partial charge in [-0.05, 0) is 24.6 Å². The molecule has 0 aromatic heterocycles. The van der Waals surface area contributed by atoms with Crippen molar-refractivity contribution in [2.45, 2.75) is 58.3 Å². The average molecular weight is 276 g/mol. The normalized spacial score (nSPS) is 10.2. The van der Waals surface area contributed by atoms with Crippen molar-refractivity contribution in [2.75, 3.05) is 6.61 Å². The molecule has 0 heterocycles. The first-order valence-corrected chi connectivity index (χ1v) is 7.67. The second-order valence-electron chi connectivity index (χ2n) is 5.11. The van der Waals surface area contributed by atoms with Crippen molar-refractivity contribution in [3.8, 4) is 18.1 Å². The van der Waals surface area contributed by atoms with E-state index in [4.69, 9.17) is 11.2 Å². The van der Waals surface area contributed by atoms with Crippen molar-refractivity contribution in [1.29, 1.82) is 0 Å². The van der Waals surface area contributed by atoms with E-state index in [9.17, 15) is 4.39 Å². The fourth-order valence-corrected chi connectivity index (χ4v) is 2.13. The zero-order chi connectivity index (χ0) is 14.6. The van der Waals surface area contributed by atoms with Gasteiger partial charge in [-0.25, -0.2) is 4.39 Å². The van der Waals surface area contributed by atoms with Crippen LogP contribution in [0, 0.1) is 18.2 Å². The molecule has 0 aliphatic heterocycles. The maximum atomic E-state index is 13.6. The zero-order valence-corrected chi connectivity index (χ0v) is 12.5. The van der Waals surface area contributed by atoms with Gasteiger partial charge in [-0.15, -0.1) is 6.42 Å². The second kappa shape index (κ2) is 10.3. The third-order valence-electron chi connectivity index (χ3n) is 3.35. The largest absolute Gasteiger partial charge is 0.491 e. The van der Waals surface area contributed by atoms with Crippen LogP contribution in [0.5, 0.6) is 5.75 Å². The van der Waals surface area contributed by atoms with Gasteiger partial charge in [-0.3, -0.25) is 0 Å². The standard InChI is InChI=1S/C18H25FO/c1-3-5-6-7-8-9-10-11-14-20-18-13-12-16(4-2)15-17(18)19/h2,12-13,15H,3,5-11,14H2,1H3. The summed E-state index contributed by atoms with van der Waals surface area (Å²) in [4.78, 5) is 0. The molecular formula is C18H25FO. The summed E-state index contributed by atoms with van der Waals surface area (Å²) in [6, 6.07) is 4.64. The highest BCUT2D eigenvalue weighted by atomic mass is 19.1. The van der Waals surface area contributed by atoms with Gasteiger partial charge in [0.05, 0.1) is 6.61 Å². The molecule has 0 spiro atoms. The van der Waals surface area contributed by atoms with E-state index in [0.29, 0.717) is 17.9 Å². The summed E-state index contributed by atoms with van der Waals surface area (Å²) in [6.45, 7) is 2.80. The smallest absolute Gasteiger partial charge is 0.166 e. The molecule has 0 radical (unpaired) electrons. The van der Waals surface area contributed by atoms with Gasteiger partial charge in [0.25, 0.3) is 0 Å². The molecule has 0 atom stereocenters. The maximum Gasteiger partial charge on any atom is 0.166 e. The fourth-order valence-electron chi connectivity index (χ4n) is 2.13. The SMILES string of the molecule is C#Cc1ccc(OCCCCCCCCCC)c(F)c1. The molecule has 0 unspecified atom stereocenters. The molecule has 0 saturated carbocycles. The van der Waals surface area contributed by atoms with Crippen LogP contribution >= 0.6 is 0 Å². The minimum Gasteiger partial charge on any atom is -0.491 e. The number of rotatable bonds is 10. The van der Waals surface area contributed by atoms with Gasteiger partial charge in [0, 0.05) is 5.56 Å². The van der Waals surface area contributed by atoms with Gasteiger partial charge < -0.3 is 4.74 Å². The highest BCUT2D eigenvalue weighted by molar-refractivity contribution is 5.37. The van der Waals surface area contributed by atoms with E-state index >= 15 is 0 Å².